The van der Waals surface area contributed by atoms with E-state index in [4.69, 9.17) is 4.74 Å². The maximum Gasteiger partial charge on any atom is 0.228 e. The molecule has 3 atom stereocenters. The summed E-state index contributed by atoms with van der Waals surface area (Å²) >= 11 is 0. The molecule has 3 heteroatoms. The molecule has 3 nitrogen and oxygen atoms in total. The summed E-state index contributed by atoms with van der Waals surface area (Å²) in [6, 6.07) is 0.367. The van der Waals surface area contributed by atoms with Gasteiger partial charge >= 0.3 is 0 Å². The Morgan fingerprint density at radius 2 is 2.23 bits per heavy atom. The van der Waals surface area contributed by atoms with Crippen LogP contribution in [0.2, 0.25) is 0 Å². The molecule has 0 radical (unpaired) electrons. The van der Waals surface area contributed by atoms with Gasteiger partial charge in [-0.2, -0.15) is 0 Å². The minimum Gasteiger partial charge on any atom is -0.354 e. The summed E-state index contributed by atoms with van der Waals surface area (Å²) in [5, 5.41) is 0. The molecule has 1 saturated carbocycles. The van der Waals surface area contributed by atoms with E-state index in [2.05, 4.69) is 0 Å². The van der Waals surface area contributed by atoms with Crippen molar-refractivity contribution >= 4 is 5.91 Å². The fraction of sp³-hybridized carbons (Fsp3) is 0.900. The van der Waals surface area contributed by atoms with Gasteiger partial charge in [0.2, 0.25) is 5.91 Å². The number of fused-ring (bicyclic) bond motifs is 2. The number of ether oxygens (including phenoxy) is 1. The smallest absolute Gasteiger partial charge is 0.228 e. The highest BCUT2D eigenvalue weighted by Crippen LogP contribution is 2.51. The van der Waals surface area contributed by atoms with Gasteiger partial charge in [0.25, 0.3) is 0 Å². The molecule has 2 heterocycles. The largest absolute Gasteiger partial charge is 0.354 e. The number of carbonyl (C=O) groups excluding carboxylic acids is 1. The molecule has 3 aliphatic rings. The van der Waals surface area contributed by atoms with Crippen molar-refractivity contribution in [1.29, 1.82) is 0 Å². The molecule has 72 valence electrons. The predicted octanol–water partition coefficient (Wildman–Crippen LogP) is 0.990. The van der Waals surface area contributed by atoms with Gasteiger partial charge in [-0.1, -0.05) is 0 Å². The van der Waals surface area contributed by atoms with Crippen LogP contribution in [0.4, 0.5) is 0 Å². The quantitative estimate of drug-likeness (QED) is 0.557. The molecule has 0 N–H and O–H groups in total. The Bertz CT molecular complexity index is 274. The van der Waals surface area contributed by atoms with Gasteiger partial charge in [-0.3, -0.25) is 4.79 Å². The molecular weight excluding hydrogens is 166 g/mol. The Morgan fingerprint density at radius 1 is 1.46 bits per heavy atom. The zero-order valence-corrected chi connectivity index (χ0v) is 8.12. The summed E-state index contributed by atoms with van der Waals surface area (Å²) in [6.07, 6.45) is 2.29. The third-order valence-electron chi connectivity index (χ3n) is 3.63. The fourth-order valence-electron chi connectivity index (χ4n) is 2.84. The number of hydrogen-bond donors (Lipinski definition) is 0. The SMILES string of the molecule is CC1(C)OC[C@@H]2C[C@@H]3C[C@H]3C(=O)N21. The molecule has 0 unspecified atom stereocenters. The van der Waals surface area contributed by atoms with Gasteiger partial charge < -0.3 is 9.64 Å². The van der Waals surface area contributed by atoms with Crippen molar-refractivity contribution in [3.05, 3.63) is 0 Å². The molecular formula is C10H15NO2. The van der Waals surface area contributed by atoms with Crippen molar-refractivity contribution in [2.24, 2.45) is 11.8 Å². The van der Waals surface area contributed by atoms with Gasteiger partial charge in [-0.25, -0.2) is 0 Å². The fourth-order valence-corrected chi connectivity index (χ4v) is 2.84. The van der Waals surface area contributed by atoms with Crippen LogP contribution >= 0.6 is 0 Å². The maximum atomic E-state index is 11.9. The van der Waals surface area contributed by atoms with Crippen LogP contribution in [0.15, 0.2) is 0 Å². The van der Waals surface area contributed by atoms with Crippen LogP contribution in [-0.2, 0) is 9.53 Å². The summed E-state index contributed by atoms with van der Waals surface area (Å²) in [6.45, 7) is 4.73. The maximum absolute atomic E-state index is 11.9. The van der Waals surface area contributed by atoms with Crippen LogP contribution in [0.5, 0.6) is 0 Å². The van der Waals surface area contributed by atoms with Gasteiger partial charge in [-0.05, 0) is 32.6 Å². The molecule has 3 rings (SSSR count). The number of amides is 1. The predicted molar refractivity (Wildman–Crippen MR) is 46.9 cm³/mol. The van der Waals surface area contributed by atoms with Gasteiger partial charge in [0.1, 0.15) is 5.72 Å². The van der Waals surface area contributed by atoms with E-state index >= 15 is 0 Å². The topological polar surface area (TPSA) is 29.5 Å². The third-order valence-corrected chi connectivity index (χ3v) is 3.63. The summed E-state index contributed by atoms with van der Waals surface area (Å²) in [5.41, 5.74) is -0.352. The first kappa shape index (κ1) is 7.80. The molecule has 2 aliphatic heterocycles. The normalized spacial score (nSPS) is 45.8. The van der Waals surface area contributed by atoms with Crippen molar-refractivity contribution in [1.82, 2.24) is 4.90 Å². The standard InChI is InChI=1S/C10H15NO2/c1-10(2)11-7(5-13-10)3-6-4-8(6)9(11)12/h6-8H,3-5H2,1-2H3/t6-,7+,8-/m1/s1. The van der Waals surface area contributed by atoms with Gasteiger partial charge in [-0.15, -0.1) is 0 Å². The lowest BCUT2D eigenvalue weighted by atomic mass is 10.0. The van der Waals surface area contributed by atoms with E-state index in [0.717, 1.165) is 13.0 Å². The highest BCUT2D eigenvalue weighted by atomic mass is 16.5. The van der Waals surface area contributed by atoms with Crippen molar-refractivity contribution in [3.8, 4) is 0 Å². The van der Waals surface area contributed by atoms with Gasteiger partial charge in [0, 0.05) is 5.92 Å². The van der Waals surface area contributed by atoms with E-state index < -0.39 is 0 Å². The lowest BCUT2D eigenvalue weighted by molar-refractivity contribution is -0.150. The van der Waals surface area contributed by atoms with Crippen LogP contribution in [-0.4, -0.2) is 29.2 Å². The van der Waals surface area contributed by atoms with Crippen LogP contribution in [0, 0.1) is 11.8 Å². The summed E-state index contributed by atoms with van der Waals surface area (Å²) < 4.78 is 5.63. The van der Waals surface area contributed by atoms with E-state index in [-0.39, 0.29) is 5.72 Å². The zero-order chi connectivity index (χ0) is 9.22. The Kier molecular flexibility index (Phi) is 1.25. The molecule has 3 fully saturated rings. The minimum absolute atomic E-state index is 0.337. The second kappa shape index (κ2) is 2.08. The highest BCUT2D eigenvalue weighted by molar-refractivity contribution is 5.84. The molecule has 0 bridgehead atoms. The number of piperidine rings is 1. The molecule has 13 heavy (non-hydrogen) atoms. The van der Waals surface area contributed by atoms with Crippen molar-refractivity contribution in [2.75, 3.05) is 6.61 Å². The molecule has 0 spiro atoms. The number of nitrogens with zero attached hydrogens (tertiary/aromatic N) is 1. The second-order valence-corrected chi connectivity index (χ2v) is 4.96. The third kappa shape index (κ3) is 0.909. The summed E-state index contributed by atoms with van der Waals surface area (Å²) in [7, 11) is 0. The number of hydrogen-bond acceptors (Lipinski definition) is 2. The van der Waals surface area contributed by atoms with Gasteiger partial charge in [0.15, 0.2) is 0 Å². The summed E-state index contributed by atoms with van der Waals surface area (Å²) in [4.78, 5) is 13.9. The minimum atomic E-state index is -0.352. The van der Waals surface area contributed by atoms with Crippen molar-refractivity contribution in [3.63, 3.8) is 0 Å². The lowest BCUT2D eigenvalue weighted by Crippen LogP contribution is -2.50. The highest BCUT2D eigenvalue weighted by Gasteiger charge is 2.57. The Labute approximate surface area is 78.0 Å². The number of carbonyl (C=O) groups is 1. The average Bonchev–Trinajstić information content (AvgIpc) is 2.73. The Morgan fingerprint density at radius 3 is 3.00 bits per heavy atom. The van der Waals surface area contributed by atoms with Gasteiger partial charge in [0.05, 0.1) is 12.6 Å². The van der Waals surface area contributed by atoms with Crippen molar-refractivity contribution < 1.29 is 9.53 Å². The van der Waals surface area contributed by atoms with Crippen LogP contribution in [0.3, 0.4) is 0 Å². The van der Waals surface area contributed by atoms with Crippen LogP contribution < -0.4 is 0 Å². The first-order valence-electron chi connectivity index (χ1n) is 5.07. The Hall–Kier alpha value is -0.570. The average molecular weight is 181 g/mol. The summed E-state index contributed by atoms with van der Waals surface area (Å²) in [5.74, 6) is 1.37. The molecule has 1 amide bonds. The molecule has 2 saturated heterocycles. The molecule has 0 aromatic carbocycles. The Balaban J connectivity index is 1.94. The van der Waals surface area contributed by atoms with Crippen LogP contribution in [0.1, 0.15) is 26.7 Å². The zero-order valence-electron chi connectivity index (χ0n) is 8.12. The first-order valence-corrected chi connectivity index (χ1v) is 5.07. The molecule has 1 aliphatic carbocycles. The second-order valence-electron chi connectivity index (χ2n) is 4.96. The first-order chi connectivity index (χ1) is 6.09. The monoisotopic (exact) mass is 181 g/mol. The van der Waals surface area contributed by atoms with E-state index in [1.807, 2.05) is 18.7 Å². The van der Waals surface area contributed by atoms with E-state index in [1.165, 1.54) is 6.42 Å². The van der Waals surface area contributed by atoms with E-state index in [0.29, 0.717) is 23.8 Å². The van der Waals surface area contributed by atoms with Crippen molar-refractivity contribution in [2.45, 2.75) is 38.5 Å². The van der Waals surface area contributed by atoms with E-state index in [9.17, 15) is 4.79 Å². The lowest BCUT2D eigenvalue weighted by Gasteiger charge is -2.36. The van der Waals surface area contributed by atoms with Crippen LogP contribution in [0.25, 0.3) is 0 Å². The molecule has 0 aromatic rings. The number of rotatable bonds is 0. The van der Waals surface area contributed by atoms with E-state index in [1.54, 1.807) is 0 Å². The molecule has 0 aromatic heterocycles.